The number of nitrogens with zero attached hydrogens (tertiary/aromatic N) is 4. The maximum Gasteiger partial charge on any atom is 0.258 e. The maximum atomic E-state index is 14.9. The zero-order valence-electron chi connectivity index (χ0n) is 16.3. The molecule has 0 bridgehead atoms. The van der Waals surface area contributed by atoms with E-state index >= 15 is 0 Å². The Morgan fingerprint density at radius 3 is 2.67 bits per heavy atom. The van der Waals surface area contributed by atoms with E-state index in [9.17, 15) is 13.6 Å². The Labute approximate surface area is 171 Å². The summed E-state index contributed by atoms with van der Waals surface area (Å²) in [5, 5.41) is 0. The molecular weight excluding hydrogens is 394 g/mol. The molecule has 0 atom stereocenters. The molecule has 0 unspecified atom stereocenters. The fraction of sp³-hybridized carbons (Fsp3) is 0.286. The van der Waals surface area contributed by atoms with Crippen molar-refractivity contribution in [3.05, 3.63) is 76.2 Å². The molecule has 1 aliphatic rings. The van der Waals surface area contributed by atoms with E-state index in [4.69, 9.17) is 9.47 Å². The summed E-state index contributed by atoms with van der Waals surface area (Å²) >= 11 is 0. The number of anilines is 1. The van der Waals surface area contributed by atoms with E-state index in [1.165, 1.54) is 29.0 Å². The van der Waals surface area contributed by atoms with Crippen molar-refractivity contribution < 1.29 is 18.3 Å². The van der Waals surface area contributed by atoms with Gasteiger partial charge in [0.15, 0.2) is 5.82 Å². The van der Waals surface area contributed by atoms with Crippen molar-refractivity contribution in [2.75, 3.05) is 31.2 Å². The summed E-state index contributed by atoms with van der Waals surface area (Å²) in [7, 11) is 0. The summed E-state index contributed by atoms with van der Waals surface area (Å²) in [5.74, 6) is -0.514. The molecule has 0 aliphatic carbocycles. The number of rotatable bonds is 5. The van der Waals surface area contributed by atoms with Crippen molar-refractivity contribution >= 4 is 5.69 Å². The molecule has 9 heteroatoms. The Bertz CT molecular complexity index is 1110. The van der Waals surface area contributed by atoms with E-state index in [-0.39, 0.29) is 23.7 Å². The van der Waals surface area contributed by atoms with Crippen LogP contribution in [-0.2, 0) is 11.3 Å². The summed E-state index contributed by atoms with van der Waals surface area (Å²) in [5.41, 5.74) is 0.923. The highest BCUT2D eigenvalue weighted by Gasteiger charge is 2.17. The first-order chi connectivity index (χ1) is 14.5. The van der Waals surface area contributed by atoms with Crippen LogP contribution in [0.5, 0.6) is 5.75 Å². The first kappa shape index (κ1) is 20.0. The third-order valence-corrected chi connectivity index (χ3v) is 4.71. The third kappa shape index (κ3) is 4.30. The zero-order valence-corrected chi connectivity index (χ0v) is 16.3. The molecule has 3 heterocycles. The molecule has 1 aromatic carbocycles. The quantitative estimate of drug-likeness (QED) is 0.639. The molecule has 0 amide bonds. The number of benzene rings is 1. The van der Waals surface area contributed by atoms with E-state index in [1.807, 2.05) is 4.90 Å². The molecule has 30 heavy (non-hydrogen) atoms. The van der Waals surface area contributed by atoms with Gasteiger partial charge < -0.3 is 14.4 Å². The first-order valence-corrected chi connectivity index (χ1v) is 9.47. The molecule has 0 saturated carbocycles. The van der Waals surface area contributed by atoms with Gasteiger partial charge in [0.1, 0.15) is 24.0 Å². The van der Waals surface area contributed by atoms with Crippen molar-refractivity contribution in [3.63, 3.8) is 0 Å². The van der Waals surface area contributed by atoms with Gasteiger partial charge in [-0.2, -0.15) is 0 Å². The lowest BCUT2D eigenvalue weighted by molar-refractivity contribution is 0.122. The highest BCUT2D eigenvalue weighted by molar-refractivity contribution is 5.53. The van der Waals surface area contributed by atoms with Gasteiger partial charge in [-0.1, -0.05) is 0 Å². The van der Waals surface area contributed by atoms with Crippen molar-refractivity contribution in [2.45, 2.75) is 13.5 Å². The Balaban J connectivity index is 1.66. The van der Waals surface area contributed by atoms with E-state index in [0.717, 1.165) is 6.20 Å². The van der Waals surface area contributed by atoms with Crippen LogP contribution >= 0.6 is 0 Å². The second kappa shape index (κ2) is 8.58. The fourth-order valence-corrected chi connectivity index (χ4v) is 3.34. The Kier molecular flexibility index (Phi) is 5.71. The number of hydrogen-bond donors (Lipinski definition) is 0. The van der Waals surface area contributed by atoms with Crippen LogP contribution in [0.25, 0.3) is 5.69 Å². The van der Waals surface area contributed by atoms with Gasteiger partial charge >= 0.3 is 0 Å². The van der Waals surface area contributed by atoms with Crippen molar-refractivity contribution in [3.8, 4) is 11.4 Å². The monoisotopic (exact) mass is 414 g/mol. The Morgan fingerprint density at radius 1 is 1.13 bits per heavy atom. The smallest absolute Gasteiger partial charge is 0.258 e. The van der Waals surface area contributed by atoms with Crippen LogP contribution in [0, 0.1) is 18.6 Å². The van der Waals surface area contributed by atoms with E-state index in [0.29, 0.717) is 43.4 Å². The summed E-state index contributed by atoms with van der Waals surface area (Å²) in [4.78, 5) is 22.7. The number of halogens is 2. The molecule has 2 aromatic heterocycles. The van der Waals surface area contributed by atoms with Gasteiger partial charge in [-0.25, -0.2) is 13.8 Å². The van der Waals surface area contributed by atoms with Crippen molar-refractivity contribution in [1.82, 2.24) is 14.5 Å². The largest absolute Gasteiger partial charge is 0.484 e. The maximum absolute atomic E-state index is 14.9. The zero-order chi connectivity index (χ0) is 21.1. The number of pyridine rings is 1. The van der Waals surface area contributed by atoms with Crippen LogP contribution in [0.1, 0.15) is 11.5 Å². The number of ether oxygens (including phenoxy) is 2. The van der Waals surface area contributed by atoms with Crippen LogP contribution in [0.3, 0.4) is 0 Å². The van der Waals surface area contributed by atoms with Crippen LogP contribution in [-0.4, -0.2) is 40.8 Å². The highest BCUT2D eigenvalue weighted by atomic mass is 19.1. The van der Waals surface area contributed by atoms with E-state index in [1.54, 1.807) is 19.1 Å². The van der Waals surface area contributed by atoms with Crippen molar-refractivity contribution in [2.24, 2.45) is 0 Å². The molecule has 1 fully saturated rings. The predicted octanol–water partition coefficient (Wildman–Crippen LogP) is 2.63. The van der Waals surface area contributed by atoms with Gasteiger partial charge in [-0.3, -0.25) is 14.3 Å². The molecule has 4 rings (SSSR count). The van der Waals surface area contributed by atoms with Gasteiger partial charge in [0.2, 0.25) is 0 Å². The topological polar surface area (TPSA) is 69.5 Å². The highest BCUT2D eigenvalue weighted by Crippen LogP contribution is 2.23. The second-order valence-electron chi connectivity index (χ2n) is 6.85. The standard InChI is InChI=1S/C21H20F2N4O3/c1-14-8-21(28)27(20(25-14)13-30-17-9-15(22)11-24-12-17)16-2-3-19(18(23)10-16)26-4-6-29-7-5-26/h2-3,8-12H,4-7,13H2,1H3. The molecule has 1 saturated heterocycles. The van der Waals surface area contributed by atoms with Crippen molar-refractivity contribution in [1.29, 1.82) is 0 Å². The summed E-state index contributed by atoms with van der Waals surface area (Å²) in [6, 6.07) is 7.16. The van der Waals surface area contributed by atoms with Crippen LogP contribution in [0.4, 0.5) is 14.5 Å². The lowest BCUT2D eigenvalue weighted by Gasteiger charge is -2.29. The number of morpholine rings is 1. The van der Waals surface area contributed by atoms with Gasteiger partial charge in [-0.05, 0) is 19.1 Å². The molecular formula is C21H20F2N4O3. The van der Waals surface area contributed by atoms with Crippen LogP contribution in [0.15, 0.2) is 47.5 Å². The minimum Gasteiger partial charge on any atom is -0.484 e. The molecule has 0 N–H and O–H groups in total. The SMILES string of the molecule is Cc1cc(=O)n(-c2ccc(N3CCOCC3)c(F)c2)c(COc2cncc(F)c2)n1. The van der Waals surface area contributed by atoms with Gasteiger partial charge in [0, 0.05) is 37.0 Å². The number of aromatic nitrogens is 3. The normalized spacial score (nSPS) is 14.0. The van der Waals surface area contributed by atoms with Gasteiger partial charge in [0.05, 0.1) is 37.0 Å². The third-order valence-electron chi connectivity index (χ3n) is 4.71. The van der Waals surface area contributed by atoms with E-state index in [2.05, 4.69) is 9.97 Å². The second-order valence-corrected chi connectivity index (χ2v) is 6.85. The minimum absolute atomic E-state index is 0.116. The Morgan fingerprint density at radius 2 is 1.93 bits per heavy atom. The molecule has 0 spiro atoms. The summed E-state index contributed by atoms with van der Waals surface area (Å²) in [6.45, 7) is 3.85. The Hall–Kier alpha value is -3.33. The molecule has 1 aliphatic heterocycles. The molecule has 0 radical (unpaired) electrons. The lowest BCUT2D eigenvalue weighted by Crippen LogP contribution is -2.36. The fourth-order valence-electron chi connectivity index (χ4n) is 3.34. The molecule has 3 aromatic rings. The first-order valence-electron chi connectivity index (χ1n) is 9.47. The summed E-state index contributed by atoms with van der Waals surface area (Å²) in [6.07, 6.45) is 2.42. The van der Waals surface area contributed by atoms with E-state index < -0.39 is 11.6 Å². The lowest BCUT2D eigenvalue weighted by atomic mass is 10.2. The number of aryl methyl sites for hydroxylation is 1. The molecule has 7 nitrogen and oxygen atoms in total. The van der Waals surface area contributed by atoms with Gasteiger partial charge in [0.25, 0.3) is 5.56 Å². The van der Waals surface area contributed by atoms with Crippen LogP contribution < -0.4 is 15.2 Å². The number of hydrogen-bond acceptors (Lipinski definition) is 6. The average Bonchev–Trinajstić information content (AvgIpc) is 2.72. The summed E-state index contributed by atoms with van der Waals surface area (Å²) < 4.78 is 40.3. The minimum atomic E-state index is -0.539. The molecule has 156 valence electrons. The van der Waals surface area contributed by atoms with Gasteiger partial charge in [-0.15, -0.1) is 0 Å². The predicted molar refractivity (Wildman–Crippen MR) is 106 cm³/mol. The average molecular weight is 414 g/mol. The van der Waals surface area contributed by atoms with Crippen LogP contribution in [0.2, 0.25) is 0 Å².